The molecule has 0 bridgehead atoms. The lowest BCUT2D eigenvalue weighted by Gasteiger charge is -2.13. The molecule has 0 saturated carbocycles. The van der Waals surface area contributed by atoms with Crippen molar-refractivity contribution >= 4 is 33.3 Å². The zero-order valence-electron chi connectivity index (χ0n) is 18.6. The van der Waals surface area contributed by atoms with Crippen LogP contribution in [0.4, 0.5) is 0 Å². The number of benzene rings is 3. The first-order valence-electron chi connectivity index (χ1n) is 10.7. The van der Waals surface area contributed by atoms with Crippen molar-refractivity contribution in [3.05, 3.63) is 94.5 Å². The van der Waals surface area contributed by atoms with Crippen LogP contribution in [0.3, 0.4) is 0 Å². The summed E-state index contributed by atoms with van der Waals surface area (Å²) < 4.78 is 25.8. The van der Waals surface area contributed by atoms with Crippen molar-refractivity contribution in [1.29, 1.82) is 0 Å². The van der Waals surface area contributed by atoms with E-state index in [2.05, 4.69) is 10.6 Å². The molecule has 10 heteroatoms. The van der Waals surface area contributed by atoms with Crippen molar-refractivity contribution in [3.63, 3.8) is 0 Å². The molecule has 4 N–H and O–H groups in total. The Bertz CT molecular complexity index is 1280. The molecule has 1 atom stereocenters. The molecule has 3 rings (SSSR count). The fraction of sp³-hybridized carbons (Fsp3) is 0.200. The lowest BCUT2D eigenvalue weighted by Crippen LogP contribution is -2.29. The monoisotopic (exact) mass is 516 g/mol. The Morgan fingerprint density at radius 2 is 1.57 bits per heavy atom. The van der Waals surface area contributed by atoms with E-state index in [0.717, 1.165) is 11.1 Å². The first-order valence-corrected chi connectivity index (χ1v) is 12.6. The molecule has 0 fully saturated rings. The van der Waals surface area contributed by atoms with Gasteiger partial charge in [0.05, 0.1) is 15.9 Å². The number of nitrogens with one attached hydrogen (secondary N) is 2. The van der Waals surface area contributed by atoms with Gasteiger partial charge in [0.1, 0.15) is 6.54 Å². The molecule has 0 aromatic heterocycles. The van der Waals surface area contributed by atoms with Gasteiger partial charge in [0, 0.05) is 17.1 Å². The Balaban J connectivity index is 1.54. The fourth-order valence-electron chi connectivity index (χ4n) is 3.32. The van der Waals surface area contributed by atoms with Gasteiger partial charge >= 0.3 is 5.97 Å². The van der Waals surface area contributed by atoms with E-state index in [1.54, 1.807) is 36.4 Å². The van der Waals surface area contributed by atoms with E-state index in [9.17, 15) is 23.1 Å². The number of aliphatic hydroxyl groups excluding tert-OH is 1. The third-order valence-electron chi connectivity index (χ3n) is 5.22. The molecule has 0 unspecified atom stereocenters. The third kappa shape index (κ3) is 7.37. The SMILES string of the molecule is O=C(O)CNC(=O)c1ccc(S(=O)(=O)c2ccc(CCNC[C@@H](O)c3cccc(Cl)c3)cc2)cc1. The molecule has 35 heavy (non-hydrogen) atoms. The molecule has 0 aliphatic carbocycles. The highest BCUT2D eigenvalue weighted by molar-refractivity contribution is 7.91. The number of aliphatic carboxylic acids is 1. The second-order valence-corrected chi connectivity index (χ2v) is 10.2. The maximum Gasteiger partial charge on any atom is 0.322 e. The minimum absolute atomic E-state index is 0.0247. The second kappa shape index (κ2) is 11.9. The summed E-state index contributed by atoms with van der Waals surface area (Å²) in [6, 6.07) is 18.9. The average Bonchev–Trinajstić information content (AvgIpc) is 2.85. The first-order chi connectivity index (χ1) is 16.7. The van der Waals surface area contributed by atoms with E-state index in [0.29, 0.717) is 24.5 Å². The van der Waals surface area contributed by atoms with Gasteiger partial charge in [0.15, 0.2) is 0 Å². The fourth-order valence-corrected chi connectivity index (χ4v) is 4.78. The molecule has 8 nitrogen and oxygen atoms in total. The molecular formula is C25H25ClN2O6S. The number of rotatable bonds is 11. The Morgan fingerprint density at radius 1 is 0.943 bits per heavy atom. The van der Waals surface area contributed by atoms with Gasteiger partial charge < -0.3 is 20.8 Å². The molecule has 0 saturated heterocycles. The Kier molecular flexibility index (Phi) is 9.00. The highest BCUT2D eigenvalue weighted by Crippen LogP contribution is 2.22. The summed E-state index contributed by atoms with van der Waals surface area (Å²) >= 11 is 5.95. The summed E-state index contributed by atoms with van der Waals surface area (Å²) in [6.45, 7) is 0.426. The summed E-state index contributed by atoms with van der Waals surface area (Å²) in [7, 11) is -3.78. The quantitative estimate of drug-likeness (QED) is 0.288. The Hall–Kier alpha value is -3.24. The number of hydrogen-bond acceptors (Lipinski definition) is 6. The number of carbonyl (C=O) groups excluding carboxylic acids is 1. The summed E-state index contributed by atoms with van der Waals surface area (Å²) in [5.41, 5.74) is 1.82. The molecule has 0 spiro atoms. The van der Waals surface area contributed by atoms with Crippen LogP contribution in [0.5, 0.6) is 0 Å². The van der Waals surface area contributed by atoms with Crippen LogP contribution in [0.2, 0.25) is 5.02 Å². The predicted octanol–water partition coefficient (Wildman–Crippen LogP) is 2.85. The number of carboxylic acids is 1. The van der Waals surface area contributed by atoms with Crippen LogP contribution in [0.15, 0.2) is 82.6 Å². The summed E-state index contributed by atoms with van der Waals surface area (Å²) in [4.78, 5) is 22.6. The maximum absolute atomic E-state index is 12.9. The van der Waals surface area contributed by atoms with E-state index in [1.807, 2.05) is 0 Å². The van der Waals surface area contributed by atoms with Gasteiger partial charge in [-0.1, -0.05) is 35.9 Å². The van der Waals surface area contributed by atoms with Crippen LogP contribution in [0, 0.1) is 0 Å². The zero-order chi connectivity index (χ0) is 25.4. The summed E-state index contributed by atoms with van der Waals surface area (Å²) in [6.07, 6.45) is -0.0428. The van der Waals surface area contributed by atoms with Crippen molar-refractivity contribution in [1.82, 2.24) is 10.6 Å². The third-order valence-corrected chi connectivity index (χ3v) is 7.24. The van der Waals surface area contributed by atoms with Crippen LogP contribution >= 0.6 is 11.6 Å². The molecule has 184 valence electrons. The van der Waals surface area contributed by atoms with Crippen molar-refractivity contribution in [2.24, 2.45) is 0 Å². The molecule has 0 radical (unpaired) electrons. The van der Waals surface area contributed by atoms with E-state index >= 15 is 0 Å². The van der Waals surface area contributed by atoms with E-state index in [-0.39, 0.29) is 15.4 Å². The lowest BCUT2D eigenvalue weighted by atomic mass is 10.1. The van der Waals surface area contributed by atoms with Gasteiger partial charge in [0.2, 0.25) is 9.84 Å². The Morgan fingerprint density at radius 3 is 2.17 bits per heavy atom. The second-order valence-electron chi connectivity index (χ2n) is 7.77. The molecule has 0 aliphatic rings. The van der Waals surface area contributed by atoms with Gasteiger partial charge in [-0.3, -0.25) is 9.59 Å². The zero-order valence-corrected chi connectivity index (χ0v) is 20.2. The number of hydrogen-bond donors (Lipinski definition) is 4. The Labute approximate surface area is 208 Å². The highest BCUT2D eigenvalue weighted by Gasteiger charge is 2.18. The molecule has 1 amide bonds. The van der Waals surface area contributed by atoms with Crippen molar-refractivity contribution in [2.75, 3.05) is 19.6 Å². The van der Waals surface area contributed by atoms with Gasteiger partial charge in [0.25, 0.3) is 5.91 Å². The van der Waals surface area contributed by atoms with Crippen LogP contribution in [-0.2, 0) is 21.1 Å². The number of carbonyl (C=O) groups is 2. The lowest BCUT2D eigenvalue weighted by molar-refractivity contribution is -0.135. The summed E-state index contributed by atoms with van der Waals surface area (Å²) in [5, 5.41) is 24.8. The molecule has 3 aromatic rings. The standard InChI is InChI=1S/C25H25ClN2O6S/c26-20-3-1-2-19(14-20)23(29)15-27-13-12-17-4-8-21(9-5-17)35(33,34)22-10-6-18(7-11-22)25(32)28-16-24(30)31/h1-11,14,23,27,29H,12-13,15-16H2,(H,28,32)(H,30,31)/t23-/m1/s1. The highest BCUT2D eigenvalue weighted by atomic mass is 35.5. The van der Waals surface area contributed by atoms with Crippen molar-refractivity contribution in [2.45, 2.75) is 22.3 Å². The minimum atomic E-state index is -3.78. The average molecular weight is 517 g/mol. The van der Waals surface area contributed by atoms with E-state index < -0.39 is 34.4 Å². The minimum Gasteiger partial charge on any atom is -0.480 e. The molecular weight excluding hydrogens is 492 g/mol. The summed E-state index contributed by atoms with van der Waals surface area (Å²) in [5.74, 6) is -1.78. The van der Waals surface area contributed by atoms with Crippen LogP contribution in [-0.4, -0.2) is 50.1 Å². The van der Waals surface area contributed by atoms with Gasteiger partial charge in [-0.2, -0.15) is 0 Å². The van der Waals surface area contributed by atoms with Gasteiger partial charge in [-0.05, 0) is 72.6 Å². The van der Waals surface area contributed by atoms with Crippen molar-refractivity contribution < 1.29 is 28.2 Å². The topological polar surface area (TPSA) is 133 Å². The van der Waals surface area contributed by atoms with Gasteiger partial charge in [-0.25, -0.2) is 8.42 Å². The van der Waals surface area contributed by atoms with Crippen LogP contribution in [0.1, 0.15) is 27.6 Å². The maximum atomic E-state index is 12.9. The predicted molar refractivity (Wildman–Crippen MR) is 131 cm³/mol. The number of aliphatic hydroxyl groups is 1. The van der Waals surface area contributed by atoms with E-state index in [4.69, 9.17) is 16.7 Å². The number of amides is 1. The van der Waals surface area contributed by atoms with Crippen LogP contribution in [0.25, 0.3) is 0 Å². The molecule has 0 heterocycles. The normalized spacial score (nSPS) is 12.2. The van der Waals surface area contributed by atoms with E-state index in [1.165, 1.54) is 36.4 Å². The largest absolute Gasteiger partial charge is 0.480 e. The molecule has 3 aromatic carbocycles. The molecule has 0 aliphatic heterocycles. The van der Waals surface area contributed by atoms with Gasteiger partial charge in [-0.15, -0.1) is 0 Å². The number of halogens is 1. The van der Waals surface area contributed by atoms with Crippen LogP contribution < -0.4 is 10.6 Å². The smallest absolute Gasteiger partial charge is 0.322 e. The number of sulfone groups is 1. The number of carboxylic acid groups (broad SMARTS) is 1. The van der Waals surface area contributed by atoms with Crippen molar-refractivity contribution in [3.8, 4) is 0 Å². The first kappa shape index (κ1) is 26.4.